The Morgan fingerprint density at radius 1 is 1.57 bits per heavy atom. The van der Waals surface area contributed by atoms with Gasteiger partial charge in [0.15, 0.2) is 6.29 Å². The molecule has 0 aromatic rings. The third-order valence-electron chi connectivity index (χ3n) is 2.83. The van der Waals surface area contributed by atoms with Gasteiger partial charge in [-0.2, -0.15) is 0 Å². The SMILES string of the molecule is CCO[C@@H]1C[C@@](C)(OC)[C@@H](O)[C@H](C)O1. The Balaban J connectivity index is 2.66. The first-order valence-electron chi connectivity index (χ1n) is 5.03. The molecular formula is C10H20O4. The van der Waals surface area contributed by atoms with Crippen molar-refractivity contribution >= 4 is 0 Å². The first-order valence-corrected chi connectivity index (χ1v) is 5.03. The molecule has 0 aromatic carbocycles. The predicted molar refractivity (Wildman–Crippen MR) is 52.0 cm³/mol. The Kier molecular flexibility index (Phi) is 3.89. The highest BCUT2D eigenvalue weighted by Crippen LogP contribution is 2.32. The highest BCUT2D eigenvalue weighted by atomic mass is 16.7. The normalized spacial score (nSPS) is 43.9. The van der Waals surface area contributed by atoms with E-state index in [1.807, 2.05) is 20.8 Å². The monoisotopic (exact) mass is 204 g/mol. The number of aliphatic hydroxyl groups excluding tert-OH is 1. The summed E-state index contributed by atoms with van der Waals surface area (Å²) in [6.45, 7) is 6.23. The zero-order valence-corrected chi connectivity index (χ0v) is 9.32. The van der Waals surface area contributed by atoms with Crippen LogP contribution in [0.25, 0.3) is 0 Å². The summed E-state index contributed by atoms with van der Waals surface area (Å²) in [5.74, 6) is 0. The van der Waals surface area contributed by atoms with E-state index >= 15 is 0 Å². The summed E-state index contributed by atoms with van der Waals surface area (Å²) < 4.78 is 16.2. The molecule has 0 aromatic heterocycles. The van der Waals surface area contributed by atoms with Crippen molar-refractivity contribution in [2.45, 2.75) is 51.3 Å². The van der Waals surface area contributed by atoms with E-state index in [1.54, 1.807) is 7.11 Å². The summed E-state index contributed by atoms with van der Waals surface area (Å²) in [4.78, 5) is 0. The van der Waals surface area contributed by atoms with E-state index in [4.69, 9.17) is 14.2 Å². The smallest absolute Gasteiger partial charge is 0.160 e. The molecule has 1 aliphatic heterocycles. The maximum Gasteiger partial charge on any atom is 0.160 e. The quantitative estimate of drug-likeness (QED) is 0.742. The van der Waals surface area contributed by atoms with Crippen LogP contribution in [0.5, 0.6) is 0 Å². The van der Waals surface area contributed by atoms with E-state index in [2.05, 4.69) is 0 Å². The van der Waals surface area contributed by atoms with Crippen LogP contribution >= 0.6 is 0 Å². The molecule has 0 bridgehead atoms. The largest absolute Gasteiger partial charge is 0.387 e. The van der Waals surface area contributed by atoms with E-state index in [1.165, 1.54) is 0 Å². The Labute approximate surface area is 85.2 Å². The molecule has 4 atom stereocenters. The summed E-state index contributed by atoms with van der Waals surface area (Å²) in [6.07, 6.45) is -0.583. The first-order chi connectivity index (χ1) is 6.53. The van der Waals surface area contributed by atoms with Gasteiger partial charge in [-0.3, -0.25) is 0 Å². The Morgan fingerprint density at radius 3 is 2.71 bits per heavy atom. The Hall–Kier alpha value is -0.160. The Bertz CT molecular complexity index is 185. The first kappa shape index (κ1) is 11.9. The summed E-state index contributed by atoms with van der Waals surface area (Å²) in [6, 6.07) is 0. The molecule has 14 heavy (non-hydrogen) atoms. The second-order valence-corrected chi connectivity index (χ2v) is 3.89. The van der Waals surface area contributed by atoms with Crippen molar-refractivity contribution in [1.29, 1.82) is 0 Å². The average Bonchev–Trinajstić information content (AvgIpc) is 2.15. The Morgan fingerprint density at radius 2 is 2.21 bits per heavy atom. The lowest BCUT2D eigenvalue weighted by molar-refractivity contribution is -0.276. The molecule has 1 saturated heterocycles. The predicted octanol–water partition coefficient (Wildman–Crippen LogP) is 0.924. The molecule has 0 radical (unpaired) electrons. The van der Waals surface area contributed by atoms with Gasteiger partial charge in [-0.25, -0.2) is 0 Å². The van der Waals surface area contributed by atoms with Crippen LogP contribution < -0.4 is 0 Å². The van der Waals surface area contributed by atoms with Crippen LogP contribution in [0.3, 0.4) is 0 Å². The molecule has 0 aliphatic carbocycles. The summed E-state index contributed by atoms with van der Waals surface area (Å²) in [5.41, 5.74) is -0.572. The molecule has 1 N–H and O–H groups in total. The van der Waals surface area contributed by atoms with E-state index in [-0.39, 0.29) is 12.4 Å². The molecule has 0 unspecified atom stereocenters. The molecule has 1 rings (SSSR count). The number of rotatable bonds is 3. The van der Waals surface area contributed by atoms with Crippen LogP contribution in [-0.2, 0) is 14.2 Å². The van der Waals surface area contributed by atoms with Crippen LogP contribution in [0.4, 0.5) is 0 Å². The van der Waals surface area contributed by atoms with Crippen LogP contribution in [0.15, 0.2) is 0 Å². The summed E-state index contributed by atoms with van der Waals surface area (Å²) >= 11 is 0. The van der Waals surface area contributed by atoms with Crippen LogP contribution in [-0.4, -0.2) is 42.9 Å². The number of hydrogen-bond donors (Lipinski definition) is 1. The maximum absolute atomic E-state index is 9.88. The molecule has 0 amide bonds. The van der Waals surface area contributed by atoms with Crippen LogP contribution in [0, 0.1) is 0 Å². The van der Waals surface area contributed by atoms with Gasteiger partial charge in [0.05, 0.1) is 11.7 Å². The lowest BCUT2D eigenvalue weighted by atomic mass is 9.88. The maximum atomic E-state index is 9.88. The van der Waals surface area contributed by atoms with E-state index < -0.39 is 11.7 Å². The molecular weight excluding hydrogens is 184 g/mol. The lowest BCUT2D eigenvalue weighted by Gasteiger charge is -2.44. The molecule has 1 fully saturated rings. The fraction of sp³-hybridized carbons (Fsp3) is 1.00. The van der Waals surface area contributed by atoms with E-state index in [9.17, 15) is 5.11 Å². The minimum absolute atomic E-state index is 0.259. The third kappa shape index (κ3) is 2.25. The van der Waals surface area contributed by atoms with Crippen LogP contribution in [0.2, 0.25) is 0 Å². The van der Waals surface area contributed by atoms with Gasteiger partial charge in [-0.15, -0.1) is 0 Å². The second kappa shape index (κ2) is 4.57. The number of aliphatic hydroxyl groups is 1. The van der Waals surface area contributed by atoms with Crippen molar-refractivity contribution in [3.63, 3.8) is 0 Å². The molecule has 4 heteroatoms. The minimum atomic E-state index is -0.607. The molecule has 1 heterocycles. The minimum Gasteiger partial charge on any atom is -0.387 e. The van der Waals surface area contributed by atoms with Crippen molar-refractivity contribution in [3.05, 3.63) is 0 Å². The molecule has 0 spiro atoms. The second-order valence-electron chi connectivity index (χ2n) is 3.89. The zero-order valence-electron chi connectivity index (χ0n) is 9.32. The van der Waals surface area contributed by atoms with E-state index in [0.29, 0.717) is 13.0 Å². The fourth-order valence-electron chi connectivity index (χ4n) is 1.80. The van der Waals surface area contributed by atoms with Crippen LogP contribution in [0.1, 0.15) is 27.2 Å². The summed E-state index contributed by atoms with van der Waals surface area (Å²) in [5, 5.41) is 9.88. The standard InChI is InChI=1S/C10H20O4/c1-5-13-8-6-10(3,12-4)9(11)7(2)14-8/h7-9,11H,5-6H2,1-4H3/t7-,8-,9-,10+/m0/s1. The van der Waals surface area contributed by atoms with Gasteiger partial charge in [-0.05, 0) is 20.8 Å². The summed E-state index contributed by atoms with van der Waals surface area (Å²) in [7, 11) is 1.60. The highest BCUT2D eigenvalue weighted by molar-refractivity contribution is 4.92. The van der Waals surface area contributed by atoms with Gasteiger partial charge < -0.3 is 19.3 Å². The lowest BCUT2D eigenvalue weighted by Crippen LogP contribution is -2.56. The third-order valence-corrected chi connectivity index (χ3v) is 2.83. The molecule has 84 valence electrons. The number of methoxy groups -OCH3 is 1. The molecule has 4 nitrogen and oxygen atoms in total. The van der Waals surface area contributed by atoms with Gasteiger partial charge >= 0.3 is 0 Å². The van der Waals surface area contributed by atoms with Crippen molar-refractivity contribution < 1.29 is 19.3 Å². The fourth-order valence-corrected chi connectivity index (χ4v) is 1.80. The van der Waals surface area contributed by atoms with E-state index in [0.717, 1.165) is 0 Å². The molecule has 0 saturated carbocycles. The average molecular weight is 204 g/mol. The van der Waals surface area contributed by atoms with Crippen molar-refractivity contribution in [3.8, 4) is 0 Å². The van der Waals surface area contributed by atoms with Gasteiger partial charge in [0, 0.05) is 20.1 Å². The van der Waals surface area contributed by atoms with Crippen molar-refractivity contribution in [1.82, 2.24) is 0 Å². The number of hydrogen-bond acceptors (Lipinski definition) is 4. The zero-order chi connectivity index (χ0) is 10.8. The number of ether oxygens (including phenoxy) is 3. The van der Waals surface area contributed by atoms with Crippen molar-refractivity contribution in [2.24, 2.45) is 0 Å². The van der Waals surface area contributed by atoms with Gasteiger partial charge in [-0.1, -0.05) is 0 Å². The van der Waals surface area contributed by atoms with Gasteiger partial charge in [0.2, 0.25) is 0 Å². The molecule has 1 aliphatic rings. The van der Waals surface area contributed by atoms with Crippen molar-refractivity contribution in [2.75, 3.05) is 13.7 Å². The highest BCUT2D eigenvalue weighted by Gasteiger charge is 2.44. The van der Waals surface area contributed by atoms with Gasteiger partial charge in [0.1, 0.15) is 6.10 Å². The topological polar surface area (TPSA) is 47.9 Å². The van der Waals surface area contributed by atoms with Gasteiger partial charge in [0.25, 0.3) is 0 Å².